The highest BCUT2D eigenvalue weighted by molar-refractivity contribution is 8.00. The number of para-hydroxylation sites is 1. The SMILES string of the molecule is Cc1nc(SCC(=O)NC[C@@H](c2ccccc2)[NH+](C)C)c2ccccc2n1. The van der Waals surface area contributed by atoms with E-state index in [9.17, 15) is 4.79 Å². The Morgan fingerprint density at radius 1 is 1.07 bits per heavy atom. The molecule has 0 radical (unpaired) electrons. The van der Waals surface area contributed by atoms with E-state index in [0.29, 0.717) is 12.3 Å². The van der Waals surface area contributed by atoms with Gasteiger partial charge in [0, 0.05) is 10.9 Å². The number of benzene rings is 2. The summed E-state index contributed by atoms with van der Waals surface area (Å²) < 4.78 is 0. The van der Waals surface area contributed by atoms with Gasteiger partial charge < -0.3 is 10.2 Å². The van der Waals surface area contributed by atoms with Gasteiger partial charge in [0.2, 0.25) is 5.91 Å². The summed E-state index contributed by atoms with van der Waals surface area (Å²) in [7, 11) is 4.21. The highest BCUT2D eigenvalue weighted by Crippen LogP contribution is 2.24. The van der Waals surface area contributed by atoms with Crippen molar-refractivity contribution in [2.45, 2.75) is 18.0 Å². The van der Waals surface area contributed by atoms with Crippen LogP contribution < -0.4 is 10.2 Å². The standard InChI is InChI=1S/C21H24N4OS/c1-15-23-18-12-8-7-11-17(18)21(24-15)27-14-20(26)22-13-19(25(2)3)16-9-5-4-6-10-16/h4-12,19H,13-14H2,1-3H3,(H,22,26)/p+1/t19-/m0/s1. The van der Waals surface area contributed by atoms with Crippen molar-refractivity contribution in [2.24, 2.45) is 0 Å². The average molecular weight is 382 g/mol. The van der Waals surface area contributed by atoms with Gasteiger partial charge >= 0.3 is 0 Å². The summed E-state index contributed by atoms with van der Waals surface area (Å²) in [6.45, 7) is 2.48. The van der Waals surface area contributed by atoms with Crippen LogP contribution in [0.3, 0.4) is 0 Å². The van der Waals surface area contributed by atoms with Crippen LogP contribution in [0.1, 0.15) is 17.4 Å². The molecule has 0 spiro atoms. The lowest BCUT2D eigenvalue weighted by Gasteiger charge is -2.22. The third-order valence-corrected chi connectivity index (χ3v) is 5.41. The molecular weight excluding hydrogens is 356 g/mol. The third-order valence-electron chi connectivity index (χ3n) is 4.42. The van der Waals surface area contributed by atoms with E-state index in [-0.39, 0.29) is 11.9 Å². The molecule has 0 unspecified atom stereocenters. The van der Waals surface area contributed by atoms with Gasteiger partial charge in [0.15, 0.2) is 0 Å². The molecule has 1 aromatic heterocycles. The van der Waals surface area contributed by atoms with E-state index >= 15 is 0 Å². The molecule has 2 aromatic carbocycles. The van der Waals surface area contributed by atoms with Crippen LogP contribution in [0.4, 0.5) is 0 Å². The van der Waals surface area contributed by atoms with Crippen molar-refractivity contribution in [2.75, 3.05) is 26.4 Å². The van der Waals surface area contributed by atoms with E-state index in [4.69, 9.17) is 0 Å². The molecule has 27 heavy (non-hydrogen) atoms. The van der Waals surface area contributed by atoms with Gasteiger partial charge in [0.25, 0.3) is 0 Å². The number of nitrogens with zero attached hydrogens (tertiary/aromatic N) is 2. The Hall–Kier alpha value is -2.44. The molecule has 6 heteroatoms. The number of hydrogen-bond acceptors (Lipinski definition) is 4. The summed E-state index contributed by atoms with van der Waals surface area (Å²) in [4.78, 5) is 22.7. The molecule has 0 fully saturated rings. The number of hydrogen-bond donors (Lipinski definition) is 2. The molecule has 0 saturated heterocycles. The molecule has 1 atom stereocenters. The first-order chi connectivity index (χ1) is 13.0. The van der Waals surface area contributed by atoms with Crippen molar-refractivity contribution in [1.82, 2.24) is 15.3 Å². The smallest absolute Gasteiger partial charge is 0.230 e. The molecule has 0 bridgehead atoms. The zero-order valence-electron chi connectivity index (χ0n) is 15.9. The van der Waals surface area contributed by atoms with Gasteiger partial charge in [-0.15, -0.1) is 0 Å². The fraction of sp³-hybridized carbons (Fsp3) is 0.286. The number of thioether (sulfide) groups is 1. The zero-order valence-corrected chi connectivity index (χ0v) is 16.7. The third kappa shape index (κ3) is 5.05. The van der Waals surface area contributed by atoms with E-state index in [0.717, 1.165) is 21.8 Å². The first kappa shape index (κ1) is 19.3. The van der Waals surface area contributed by atoms with Crippen LogP contribution in [-0.2, 0) is 4.79 Å². The van der Waals surface area contributed by atoms with E-state index < -0.39 is 0 Å². The van der Waals surface area contributed by atoms with Gasteiger partial charge in [0.05, 0.1) is 31.9 Å². The Morgan fingerprint density at radius 3 is 2.52 bits per heavy atom. The number of fused-ring (bicyclic) bond motifs is 1. The van der Waals surface area contributed by atoms with Crippen LogP contribution in [-0.4, -0.2) is 42.3 Å². The summed E-state index contributed by atoms with van der Waals surface area (Å²) in [5, 5.41) is 4.91. The van der Waals surface area contributed by atoms with E-state index in [1.165, 1.54) is 22.2 Å². The summed E-state index contributed by atoms with van der Waals surface area (Å²) >= 11 is 1.46. The number of rotatable bonds is 7. The Balaban J connectivity index is 1.62. The van der Waals surface area contributed by atoms with Crippen molar-refractivity contribution < 1.29 is 9.69 Å². The number of amides is 1. The van der Waals surface area contributed by atoms with Crippen LogP contribution >= 0.6 is 11.8 Å². The van der Waals surface area contributed by atoms with Crippen molar-refractivity contribution in [1.29, 1.82) is 0 Å². The van der Waals surface area contributed by atoms with Crippen molar-refractivity contribution >= 4 is 28.6 Å². The van der Waals surface area contributed by atoms with Gasteiger partial charge in [-0.05, 0) is 13.0 Å². The van der Waals surface area contributed by atoms with Crippen molar-refractivity contribution in [3.8, 4) is 0 Å². The Labute approximate surface area is 164 Å². The lowest BCUT2D eigenvalue weighted by atomic mass is 10.1. The first-order valence-corrected chi connectivity index (χ1v) is 10.0. The van der Waals surface area contributed by atoms with Crippen LogP contribution in [0, 0.1) is 6.92 Å². The largest absolute Gasteiger partial charge is 0.349 e. The van der Waals surface area contributed by atoms with E-state index in [1.807, 2.05) is 49.4 Å². The maximum atomic E-state index is 12.4. The molecule has 0 aliphatic heterocycles. The average Bonchev–Trinajstić information content (AvgIpc) is 2.66. The second-order valence-corrected chi connectivity index (χ2v) is 7.69. The number of aryl methyl sites for hydroxylation is 1. The predicted molar refractivity (Wildman–Crippen MR) is 110 cm³/mol. The molecule has 0 saturated carbocycles. The molecule has 1 heterocycles. The maximum absolute atomic E-state index is 12.4. The molecule has 0 aliphatic rings. The predicted octanol–water partition coefficient (Wildman–Crippen LogP) is 2.03. The fourth-order valence-electron chi connectivity index (χ4n) is 3.01. The summed E-state index contributed by atoms with van der Waals surface area (Å²) in [6.07, 6.45) is 0. The summed E-state index contributed by atoms with van der Waals surface area (Å²) in [5.74, 6) is 1.07. The number of carbonyl (C=O) groups is 1. The van der Waals surface area contributed by atoms with Gasteiger partial charge in [-0.25, -0.2) is 9.97 Å². The molecular formula is C21H25N4OS+. The number of aromatic nitrogens is 2. The van der Waals surface area contributed by atoms with Crippen LogP contribution in [0.25, 0.3) is 10.9 Å². The summed E-state index contributed by atoms with van der Waals surface area (Å²) in [5.41, 5.74) is 2.14. The van der Waals surface area contributed by atoms with E-state index in [1.54, 1.807) is 0 Å². The highest BCUT2D eigenvalue weighted by Gasteiger charge is 2.18. The van der Waals surface area contributed by atoms with Crippen LogP contribution in [0.15, 0.2) is 59.6 Å². The molecule has 3 aromatic rings. The number of carbonyl (C=O) groups excluding carboxylic acids is 1. The van der Waals surface area contributed by atoms with E-state index in [2.05, 4.69) is 41.5 Å². The second kappa shape index (κ2) is 8.97. The number of likely N-dealkylation sites (N-methyl/N-ethyl adjacent to an activating group) is 1. The topological polar surface area (TPSA) is 59.3 Å². The van der Waals surface area contributed by atoms with Crippen molar-refractivity contribution in [3.05, 3.63) is 66.0 Å². The van der Waals surface area contributed by atoms with Gasteiger partial charge in [-0.2, -0.15) is 0 Å². The van der Waals surface area contributed by atoms with Crippen LogP contribution in [0.2, 0.25) is 0 Å². The first-order valence-electron chi connectivity index (χ1n) is 9.02. The lowest BCUT2D eigenvalue weighted by molar-refractivity contribution is -0.890. The second-order valence-electron chi connectivity index (χ2n) is 6.73. The Kier molecular flexibility index (Phi) is 6.42. The fourth-order valence-corrected chi connectivity index (χ4v) is 3.90. The normalized spacial score (nSPS) is 12.3. The van der Waals surface area contributed by atoms with Gasteiger partial charge in [-0.1, -0.05) is 60.3 Å². The quantitative estimate of drug-likeness (QED) is 0.486. The van der Waals surface area contributed by atoms with Gasteiger partial charge in [0.1, 0.15) is 16.9 Å². The molecule has 1 amide bonds. The minimum Gasteiger partial charge on any atom is -0.349 e. The molecule has 2 N–H and O–H groups in total. The maximum Gasteiger partial charge on any atom is 0.230 e. The minimum atomic E-state index is 0.0162. The molecule has 0 aliphatic carbocycles. The Morgan fingerprint density at radius 2 is 1.78 bits per heavy atom. The van der Waals surface area contributed by atoms with Crippen molar-refractivity contribution in [3.63, 3.8) is 0 Å². The lowest BCUT2D eigenvalue weighted by Crippen LogP contribution is -3.07. The highest BCUT2D eigenvalue weighted by atomic mass is 32.2. The van der Waals surface area contributed by atoms with Crippen LogP contribution in [0.5, 0.6) is 0 Å². The number of nitrogens with one attached hydrogen (secondary N) is 2. The monoisotopic (exact) mass is 381 g/mol. The molecule has 140 valence electrons. The molecule has 5 nitrogen and oxygen atoms in total. The van der Waals surface area contributed by atoms with Gasteiger partial charge in [-0.3, -0.25) is 4.79 Å². The minimum absolute atomic E-state index is 0.0162. The number of quaternary nitrogens is 1. The Bertz CT molecular complexity index is 914. The molecule has 3 rings (SSSR count). The summed E-state index contributed by atoms with van der Waals surface area (Å²) in [6, 6.07) is 18.4. The zero-order chi connectivity index (χ0) is 19.2.